The highest BCUT2D eigenvalue weighted by Gasteiger charge is 2.28. The highest BCUT2D eigenvalue weighted by atomic mass is 32.2. The summed E-state index contributed by atoms with van der Waals surface area (Å²) in [7, 11) is -3.68. The van der Waals surface area contributed by atoms with Crippen molar-refractivity contribution in [2.75, 3.05) is 49.6 Å². The maximum atomic E-state index is 13.2. The zero-order chi connectivity index (χ0) is 24.3. The van der Waals surface area contributed by atoms with E-state index in [1.54, 1.807) is 23.0 Å². The number of rotatable bonds is 7. The number of carbonyl (C=O) groups is 1. The summed E-state index contributed by atoms with van der Waals surface area (Å²) in [5.74, 6) is -0.223. The van der Waals surface area contributed by atoms with Gasteiger partial charge in [-0.15, -0.1) is 0 Å². The summed E-state index contributed by atoms with van der Waals surface area (Å²) in [5.41, 5.74) is 3.04. The second-order valence-electron chi connectivity index (χ2n) is 8.74. The molecule has 9 nitrogen and oxygen atoms in total. The molecule has 1 aromatic heterocycles. The molecule has 3 heterocycles. The standard InChI is InChI=1S/C25H29N5O4S/c31-25(16-20-18-26-30(19-20)21-6-2-1-3-7-21)27-23-17-22(8-9-24(23)28-10-4-5-11-28)35(32,33)29-12-14-34-15-13-29/h1-3,6-9,17-19H,4-5,10-16H2,(H,27,31). The molecule has 0 radical (unpaired) electrons. The van der Waals surface area contributed by atoms with Gasteiger partial charge in [0.05, 0.1) is 47.8 Å². The zero-order valence-corrected chi connectivity index (χ0v) is 20.3. The molecule has 10 heteroatoms. The van der Waals surface area contributed by atoms with Crippen LogP contribution in [-0.4, -0.2) is 67.8 Å². The summed E-state index contributed by atoms with van der Waals surface area (Å²) in [6.07, 6.45) is 5.77. The molecule has 1 N–H and O–H groups in total. The van der Waals surface area contributed by atoms with Gasteiger partial charge in [-0.1, -0.05) is 18.2 Å². The quantitative estimate of drug-likeness (QED) is 0.541. The Labute approximate surface area is 205 Å². The molecular weight excluding hydrogens is 466 g/mol. The molecule has 2 aromatic carbocycles. The lowest BCUT2D eigenvalue weighted by atomic mass is 10.2. The maximum absolute atomic E-state index is 13.2. The van der Waals surface area contributed by atoms with E-state index in [1.165, 1.54) is 4.31 Å². The second kappa shape index (κ2) is 10.2. The lowest BCUT2D eigenvalue weighted by Crippen LogP contribution is -2.40. The molecule has 0 unspecified atom stereocenters. The summed E-state index contributed by atoms with van der Waals surface area (Å²) in [6.45, 7) is 3.16. The van der Waals surface area contributed by atoms with Crippen molar-refractivity contribution in [3.63, 3.8) is 0 Å². The van der Waals surface area contributed by atoms with E-state index in [-0.39, 0.29) is 17.2 Å². The number of anilines is 2. The predicted molar refractivity (Wildman–Crippen MR) is 133 cm³/mol. The molecule has 2 saturated heterocycles. The Morgan fingerprint density at radius 3 is 2.49 bits per heavy atom. The molecule has 2 aliphatic heterocycles. The average molecular weight is 496 g/mol. The third-order valence-corrected chi connectivity index (χ3v) is 8.21. The highest BCUT2D eigenvalue weighted by Crippen LogP contribution is 2.32. The molecule has 1 amide bonds. The van der Waals surface area contributed by atoms with Crippen molar-refractivity contribution < 1.29 is 17.9 Å². The van der Waals surface area contributed by atoms with Crippen LogP contribution in [0.15, 0.2) is 65.8 Å². The first-order chi connectivity index (χ1) is 17.0. The van der Waals surface area contributed by atoms with Crippen LogP contribution in [0.25, 0.3) is 5.69 Å². The molecule has 2 aliphatic rings. The van der Waals surface area contributed by atoms with Gasteiger partial charge >= 0.3 is 0 Å². The Kier molecular flexibility index (Phi) is 6.85. The first-order valence-corrected chi connectivity index (χ1v) is 13.3. The Morgan fingerprint density at radius 2 is 1.74 bits per heavy atom. The summed E-state index contributed by atoms with van der Waals surface area (Å²) >= 11 is 0. The predicted octanol–water partition coefficient (Wildman–Crippen LogP) is 2.67. The first kappa shape index (κ1) is 23.5. The van der Waals surface area contributed by atoms with Crippen molar-refractivity contribution in [3.8, 4) is 5.69 Å². The summed E-state index contributed by atoms with van der Waals surface area (Å²) < 4.78 is 34.9. The molecule has 184 valence electrons. The first-order valence-electron chi connectivity index (χ1n) is 11.9. The number of hydrogen-bond acceptors (Lipinski definition) is 6. The number of hydrogen-bond donors (Lipinski definition) is 1. The molecule has 3 aromatic rings. The minimum Gasteiger partial charge on any atom is -0.379 e. The van der Waals surface area contributed by atoms with Gasteiger partial charge in [0, 0.05) is 32.4 Å². The van der Waals surface area contributed by atoms with Gasteiger partial charge in [-0.3, -0.25) is 4.79 Å². The van der Waals surface area contributed by atoms with Gasteiger partial charge in [-0.2, -0.15) is 9.40 Å². The van der Waals surface area contributed by atoms with Crippen LogP contribution in [0.2, 0.25) is 0 Å². The van der Waals surface area contributed by atoms with Crippen LogP contribution < -0.4 is 10.2 Å². The number of nitrogens with one attached hydrogen (secondary N) is 1. The summed E-state index contributed by atoms with van der Waals surface area (Å²) in [4.78, 5) is 15.4. The number of para-hydroxylation sites is 1. The van der Waals surface area contributed by atoms with Crippen LogP contribution in [0, 0.1) is 0 Å². The minimum atomic E-state index is -3.68. The van der Waals surface area contributed by atoms with Crippen molar-refractivity contribution >= 4 is 27.3 Å². The van der Waals surface area contributed by atoms with Crippen molar-refractivity contribution in [2.45, 2.75) is 24.2 Å². The molecule has 35 heavy (non-hydrogen) atoms. The van der Waals surface area contributed by atoms with Crippen molar-refractivity contribution in [1.82, 2.24) is 14.1 Å². The number of aromatic nitrogens is 2. The number of benzene rings is 2. The maximum Gasteiger partial charge on any atom is 0.243 e. The van der Waals surface area contributed by atoms with Crippen LogP contribution in [0.4, 0.5) is 11.4 Å². The number of sulfonamides is 1. The molecule has 2 fully saturated rings. The van der Waals surface area contributed by atoms with Crippen LogP contribution in [0.3, 0.4) is 0 Å². The topological polar surface area (TPSA) is 96.8 Å². The number of morpholine rings is 1. The minimum absolute atomic E-state index is 0.132. The normalized spacial score (nSPS) is 17.0. The van der Waals surface area contributed by atoms with Crippen molar-refractivity contribution in [3.05, 3.63) is 66.5 Å². The smallest absolute Gasteiger partial charge is 0.243 e. The largest absolute Gasteiger partial charge is 0.379 e. The number of nitrogens with zero attached hydrogens (tertiary/aromatic N) is 4. The fourth-order valence-electron chi connectivity index (χ4n) is 4.50. The van der Waals surface area contributed by atoms with Gasteiger partial charge < -0.3 is 15.0 Å². The Hall–Kier alpha value is -3.21. The average Bonchev–Trinajstić information content (AvgIpc) is 3.58. The van der Waals surface area contributed by atoms with Crippen LogP contribution in [0.5, 0.6) is 0 Å². The van der Waals surface area contributed by atoms with Crippen LogP contribution >= 0.6 is 0 Å². The third-order valence-electron chi connectivity index (χ3n) is 6.32. The monoisotopic (exact) mass is 495 g/mol. The van der Waals surface area contributed by atoms with Gasteiger partial charge in [-0.25, -0.2) is 13.1 Å². The van der Waals surface area contributed by atoms with E-state index in [0.29, 0.717) is 32.0 Å². The molecule has 5 rings (SSSR count). The van der Waals surface area contributed by atoms with E-state index in [2.05, 4.69) is 15.3 Å². The van der Waals surface area contributed by atoms with Gasteiger partial charge in [-0.05, 0) is 48.7 Å². The molecule has 0 atom stereocenters. The van der Waals surface area contributed by atoms with Gasteiger partial charge in [0.2, 0.25) is 15.9 Å². The zero-order valence-electron chi connectivity index (χ0n) is 19.5. The van der Waals surface area contributed by atoms with Gasteiger partial charge in [0.25, 0.3) is 0 Å². The molecule has 0 bridgehead atoms. The molecule has 0 saturated carbocycles. The number of carbonyl (C=O) groups excluding carboxylic acids is 1. The van der Waals surface area contributed by atoms with Crippen molar-refractivity contribution in [2.24, 2.45) is 0 Å². The lowest BCUT2D eigenvalue weighted by Gasteiger charge is -2.27. The second-order valence-corrected chi connectivity index (χ2v) is 10.7. The molecule has 0 spiro atoms. The van der Waals surface area contributed by atoms with Gasteiger partial charge in [0.1, 0.15) is 0 Å². The van der Waals surface area contributed by atoms with E-state index in [0.717, 1.165) is 42.9 Å². The third kappa shape index (κ3) is 5.24. The van der Waals surface area contributed by atoms with E-state index in [9.17, 15) is 13.2 Å². The highest BCUT2D eigenvalue weighted by molar-refractivity contribution is 7.89. The summed E-state index contributed by atoms with van der Waals surface area (Å²) in [6, 6.07) is 14.7. The van der Waals surface area contributed by atoms with Gasteiger partial charge in [0.15, 0.2) is 0 Å². The molecule has 0 aliphatic carbocycles. The van der Waals surface area contributed by atoms with Crippen molar-refractivity contribution in [1.29, 1.82) is 0 Å². The Bertz CT molecular complexity index is 1280. The SMILES string of the molecule is O=C(Cc1cnn(-c2ccccc2)c1)Nc1cc(S(=O)(=O)N2CCOCC2)ccc1N1CCCC1. The van der Waals surface area contributed by atoms with Crippen LogP contribution in [0.1, 0.15) is 18.4 Å². The fourth-order valence-corrected chi connectivity index (χ4v) is 5.93. The van der Waals surface area contributed by atoms with E-state index in [1.807, 2.05) is 42.6 Å². The fraction of sp³-hybridized carbons (Fsp3) is 0.360. The lowest BCUT2D eigenvalue weighted by molar-refractivity contribution is -0.115. The van der Waals surface area contributed by atoms with E-state index < -0.39 is 10.0 Å². The van der Waals surface area contributed by atoms with E-state index >= 15 is 0 Å². The Morgan fingerprint density at radius 1 is 1.00 bits per heavy atom. The summed E-state index contributed by atoms with van der Waals surface area (Å²) in [5, 5.41) is 7.33. The number of amides is 1. The number of ether oxygens (including phenoxy) is 1. The van der Waals surface area contributed by atoms with E-state index in [4.69, 9.17) is 4.74 Å². The molecular formula is C25H29N5O4S. The van der Waals surface area contributed by atoms with Crippen LogP contribution in [-0.2, 0) is 26.0 Å². The Balaban J connectivity index is 1.37.